The average molecular weight is 252 g/mol. The molecule has 0 aliphatic carbocycles. The fraction of sp³-hybridized carbons (Fsp3) is 0.500. The zero-order valence-corrected chi connectivity index (χ0v) is 11.0. The van der Waals surface area contributed by atoms with Gasteiger partial charge in [-0.25, -0.2) is 4.39 Å². The molecule has 4 heteroatoms. The smallest absolute Gasteiger partial charge is 0.222 e. The Hall–Kier alpha value is -1.42. The van der Waals surface area contributed by atoms with Crippen molar-refractivity contribution in [3.8, 4) is 0 Å². The van der Waals surface area contributed by atoms with Crippen LogP contribution in [0.3, 0.4) is 0 Å². The van der Waals surface area contributed by atoms with E-state index in [2.05, 4.69) is 0 Å². The minimum Gasteiger partial charge on any atom is -0.345 e. The van der Waals surface area contributed by atoms with Crippen LogP contribution >= 0.6 is 0 Å². The monoisotopic (exact) mass is 252 g/mol. The van der Waals surface area contributed by atoms with E-state index >= 15 is 0 Å². The summed E-state index contributed by atoms with van der Waals surface area (Å²) in [6.45, 7) is 3.28. The van der Waals surface area contributed by atoms with Gasteiger partial charge in [0.05, 0.1) is 0 Å². The van der Waals surface area contributed by atoms with Crippen LogP contribution in [-0.2, 0) is 11.2 Å². The number of rotatable bonds is 6. The topological polar surface area (TPSA) is 46.3 Å². The van der Waals surface area contributed by atoms with Crippen LogP contribution in [0.2, 0.25) is 0 Å². The summed E-state index contributed by atoms with van der Waals surface area (Å²) < 4.78 is 12.7. The van der Waals surface area contributed by atoms with Crippen molar-refractivity contribution in [3.05, 3.63) is 35.6 Å². The Bertz CT molecular complexity index is 378. The quantitative estimate of drug-likeness (QED) is 0.839. The molecule has 0 aliphatic heterocycles. The molecule has 0 heterocycles. The molecule has 0 aromatic heterocycles. The zero-order chi connectivity index (χ0) is 13.5. The summed E-state index contributed by atoms with van der Waals surface area (Å²) in [4.78, 5) is 13.6. The minimum absolute atomic E-state index is 0.0969. The highest BCUT2D eigenvalue weighted by atomic mass is 19.1. The van der Waals surface area contributed by atoms with E-state index in [1.165, 1.54) is 12.1 Å². The largest absolute Gasteiger partial charge is 0.345 e. The van der Waals surface area contributed by atoms with Crippen LogP contribution in [0.4, 0.5) is 4.39 Å². The van der Waals surface area contributed by atoms with Gasteiger partial charge in [0.25, 0.3) is 0 Å². The predicted octanol–water partition coefficient (Wildman–Crippen LogP) is 1.81. The lowest BCUT2D eigenvalue weighted by Crippen LogP contribution is -2.33. The summed E-state index contributed by atoms with van der Waals surface area (Å²) in [5.74, 6) is 0.156. The van der Waals surface area contributed by atoms with Gasteiger partial charge in [0.1, 0.15) is 5.82 Å². The second-order valence-electron chi connectivity index (χ2n) is 4.74. The lowest BCUT2D eigenvalue weighted by molar-refractivity contribution is -0.130. The Morgan fingerprint density at radius 3 is 2.56 bits per heavy atom. The van der Waals surface area contributed by atoms with Gasteiger partial charge in [-0.05, 0) is 36.6 Å². The summed E-state index contributed by atoms with van der Waals surface area (Å²) in [7, 11) is 1.79. The molecule has 1 unspecified atom stereocenters. The van der Waals surface area contributed by atoms with Crippen molar-refractivity contribution in [2.24, 2.45) is 11.7 Å². The van der Waals surface area contributed by atoms with Crippen molar-refractivity contribution in [3.63, 3.8) is 0 Å². The highest BCUT2D eigenvalue weighted by Crippen LogP contribution is 2.07. The van der Waals surface area contributed by atoms with E-state index in [9.17, 15) is 9.18 Å². The maximum absolute atomic E-state index is 12.7. The number of amides is 1. The van der Waals surface area contributed by atoms with Gasteiger partial charge in [-0.15, -0.1) is 0 Å². The Morgan fingerprint density at radius 2 is 2.00 bits per heavy atom. The van der Waals surface area contributed by atoms with Gasteiger partial charge in [-0.1, -0.05) is 19.1 Å². The molecule has 0 spiro atoms. The first-order valence-electron chi connectivity index (χ1n) is 6.21. The molecule has 0 aliphatic rings. The molecule has 0 bridgehead atoms. The first kappa shape index (κ1) is 14.6. The molecule has 18 heavy (non-hydrogen) atoms. The number of carbonyl (C=O) groups is 1. The Labute approximate surface area is 108 Å². The third-order valence-electron chi connectivity index (χ3n) is 2.95. The van der Waals surface area contributed by atoms with Crippen molar-refractivity contribution in [1.82, 2.24) is 4.90 Å². The number of halogens is 1. The highest BCUT2D eigenvalue weighted by molar-refractivity contribution is 5.76. The zero-order valence-electron chi connectivity index (χ0n) is 11.0. The third-order valence-corrected chi connectivity index (χ3v) is 2.95. The summed E-state index contributed by atoms with van der Waals surface area (Å²) in [5.41, 5.74) is 6.50. The van der Waals surface area contributed by atoms with Crippen LogP contribution in [0.5, 0.6) is 0 Å². The third kappa shape index (κ3) is 4.84. The van der Waals surface area contributed by atoms with Gasteiger partial charge in [-0.2, -0.15) is 0 Å². The van der Waals surface area contributed by atoms with Crippen LogP contribution in [0.1, 0.15) is 18.9 Å². The Morgan fingerprint density at radius 1 is 1.39 bits per heavy atom. The van der Waals surface area contributed by atoms with Crippen LogP contribution in [0, 0.1) is 11.7 Å². The Kier molecular flexibility index (Phi) is 5.78. The Balaban J connectivity index is 2.38. The van der Waals surface area contributed by atoms with Crippen LogP contribution in [-0.4, -0.2) is 30.9 Å². The summed E-state index contributed by atoms with van der Waals surface area (Å²) in [6, 6.07) is 6.26. The molecule has 0 fully saturated rings. The first-order valence-corrected chi connectivity index (χ1v) is 6.21. The van der Waals surface area contributed by atoms with E-state index in [-0.39, 0.29) is 11.7 Å². The van der Waals surface area contributed by atoms with E-state index in [4.69, 9.17) is 5.73 Å². The number of nitrogens with two attached hydrogens (primary N) is 1. The van der Waals surface area contributed by atoms with Crippen LogP contribution in [0.15, 0.2) is 24.3 Å². The number of carbonyl (C=O) groups excluding carboxylic acids is 1. The molecule has 0 saturated heterocycles. The molecular formula is C14H21FN2O. The fourth-order valence-electron chi connectivity index (χ4n) is 1.74. The van der Waals surface area contributed by atoms with E-state index in [1.54, 1.807) is 24.1 Å². The molecule has 1 amide bonds. The molecular weight excluding hydrogens is 231 g/mol. The lowest BCUT2D eigenvalue weighted by Gasteiger charge is -2.20. The van der Waals surface area contributed by atoms with Gasteiger partial charge in [0, 0.05) is 20.0 Å². The van der Waals surface area contributed by atoms with Crippen molar-refractivity contribution in [2.75, 3.05) is 20.1 Å². The van der Waals surface area contributed by atoms with Crippen LogP contribution < -0.4 is 5.73 Å². The molecule has 0 radical (unpaired) electrons. The summed E-state index contributed by atoms with van der Waals surface area (Å²) in [5, 5.41) is 0. The molecule has 2 N–H and O–H groups in total. The second-order valence-corrected chi connectivity index (χ2v) is 4.74. The molecule has 3 nitrogen and oxygen atoms in total. The van der Waals surface area contributed by atoms with E-state index in [1.807, 2.05) is 6.92 Å². The molecule has 1 atom stereocenters. The number of benzene rings is 1. The highest BCUT2D eigenvalue weighted by Gasteiger charge is 2.11. The second kappa shape index (κ2) is 7.11. The van der Waals surface area contributed by atoms with Gasteiger partial charge in [-0.3, -0.25) is 4.79 Å². The van der Waals surface area contributed by atoms with Crippen LogP contribution in [0.25, 0.3) is 0 Å². The molecule has 100 valence electrons. The van der Waals surface area contributed by atoms with Crippen molar-refractivity contribution >= 4 is 5.91 Å². The number of nitrogens with zero attached hydrogens (tertiary/aromatic N) is 1. The standard InChI is InChI=1S/C14H21FN2O/c1-11(9-16)10-17(2)14(18)8-5-12-3-6-13(15)7-4-12/h3-4,6-7,11H,5,8-10,16H2,1-2H3. The SMILES string of the molecule is CC(CN)CN(C)C(=O)CCc1ccc(F)cc1. The number of aryl methyl sites for hydroxylation is 1. The average Bonchev–Trinajstić information content (AvgIpc) is 2.37. The van der Waals surface area contributed by atoms with Gasteiger partial charge >= 0.3 is 0 Å². The van der Waals surface area contributed by atoms with E-state index in [0.29, 0.717) is 31.8 Å². The number of hydrogen-bond acceptors (Lipinski definition) is 2. The van der Waals surface area contributed by atoms with Gasteiger partial charge in [0.2, 0.25) is 5.91 Å². The fourth-order valence-corrected chi connectivity index (χ4v) is 1.74. The minimum atomic E-state index is -0.251. The van der Waals surface area contributed by atoms with Gasteiger partial charge < -0.3 is 10.6 Å². The van der Waals surface area contributed by atoms with E-state index < -0.39 is 0 Å². The summed E-state index contributed by atoms with van der Waals surface area (Å²) in [6.07, 6.45) is 1.08. The molecule has 1 aromatic carbocycles. The lowest BCUT2D eigenvalue weighted by atomic mass is 10.1. The molecule has 0 saturated carbocycles. The van der Waals surface area contributed by atoms with Crippen molar-refractivity contribution < 1.29 is 9.18 Å². The molecule has 1 aromatic rings. The van der Waals surface area contributed by atoms with Gasteiger partial charge in [0.15, 0.2) is 0 Å². The predicted molar refractivity (Wildman–Crippen MR) is 70.6 cm³/mol. The summed E-state index contributed by atoms with van der Waals surface area (Å²) >= 11 is 0. The number of hydrogen-bond donors (Lipinski definition) is 1. The normalized spacial score (nSPS) is 12.2. The maximum Gasteiger partial charge on any atom is 0.222 e. The first-order chi connectivity index (χ1) is 8.52. The van der Waals surface area contributed by atoms with Crippen molar-refractivity contribution in [1.29, 1.82) is 0 Å². The van der Waals surface area contributed by atoms with E-state index in [0.717, 1.165) is 5.56 Å². The van der Waals surface area contributed by atoms with Crippen molar-refractivity contribution in [2.45, 2.75) is 19.8 Å². The maximum atomic E-state index is 12.7. The molecule has 1 rings (SSSR count).